The minimum atomic E-state index is -0.209. The van der Waals surface area contributed by atoms with Gasteiger partial charge in [-0.15, -0.1) is 11.6 Å². The molecule has 0 N–H and O–H groups in total. The minimum absolute atomic E-state index is 0.0907. The van der Waals surface area contributed by atoms with Gasteiger partial charge in [-0.3, -0.25) is 0 Å². The van der Waals surface area contributed by atoms with Crippen LogP contribution in [0.5, 0.6) is 0 Å². The Morgan fingerprint density at radius 3 is 2.53 bits per heavy atom. The maximum absolute atomic E-state index is 13.6. The maximum atomic E-state index is 13.6. The molecule has 0 radical (unpaired) electrons. The van der Waals surface area contributed by atoms with Crippen molar-refractivity contribution in [3.05, 3.63) is 34.6 Å². The van der Waals surface area contributed by atoms with Crippen molar-refractivity contribution in [2.75, 3.05) is 5.88 Å². The normalized spacial score (nSPS) is 18.6. The maximum Gasteiger partial charge on any atom is 0.127 e. The molecule has 0 saturated heterocycles. The van der Waals surface area contributed by atoms with Crippen LogP contribution in [0.2, 0.25) is 5.02 Å². The number of halogens is 3. The summed E-state index contributed by atoms with van der Waals surface area (Å²) < 4.78 is 13.6. The van der Waals surface area contributed by atoms with E-state index in [9.17, 15) is 4.39 Å². The van der Waals surface area contributed by atoms with Crippen LogP contribution in [0.4, 0.5) is 4.39 Å². The van der Waals surface area contributed by atoms with Crippen LogP contribution in [0.25, 0.3) is 0 Å². The van der Waals surface area contributed by atoms with E-state index < -0.39 is 0 Å². The molecule has 0 unspecified atom stereocenters. The molecule has 3 heteroatoms. The Morgan fingerprint density at radius 1 is 1.33 bits per heavy atom. The van der Waals surface area contributed by atoms with E-state index in [4.69, 9.17) is 23.2 Å². The second-order valence-corrected chi connectivity index (χ2v) is 5.04. The highest BCUT2D eigenvalue weighted by atomic mass is 35.5. The lowest BCUT2D eigenvalue weighted by molar-refractivity contribution is 0.164. The Bertz CT molecular complexity index is 333. The van der Waals surface area contributed by atoms with Gasteiger partial charge in [0, 0.05) is 16.5 Å². The fourth-order valence-corrected chi connectivity index (χ4v) is 2.70. The summed E-state index contributed by atoms with van der Waals surface area (Å²) in [6.07, 6.45) is 4.03. The summed E-state index contributed by atoms with van der Waals surface area (Å²) in [5, 5.41) is 0.520. The molecule has 0 aromatic heterocycles. The van der Waals surface area contributed by atoms with Crippen molar-refractivity contribution >= 4 is 23.2 Å². The number of alkyl halides is 1. The van der Waals surface area contributed by atoms with E-state index in [1.807, 2.05) is 0 Å². The van der Waals surface area contributed by atoms with Gasteiger partial charge in [-0.1, -0.05) is 24.1 Å². The lowest BCUT2D eigenvalue weighted by Crippen LogP contribution is -2.34. The molecule has 1 aliphatic carbocycles. The summed E-state index contributed by atoms with van der Waals surface area (Å²) in [6.45, 7) is 0. The van der Waals surface area contributed by atoms with Crippen LogP contribution in [0, 0.1) is 11.2 Å². The quantitative estimate of drug-likeness (QED) is 0.693. The molecule has 0 heterocycles. The van der Waals surface area contributed by atoms with Crippen molar-refractivity contribution in [2.24, 2.45) is 5.41 Å². The Balaban J connectivity index is 2.23. The van der Waals surface area contributed by atoms with E-state index in [1.165, 1.54) is 12.5 Å². The highest BCUT2D eigenvalue weighted by Crippen LogP contribution is 2.45. The van der Waals surface area contributed by atoms with Crippen molar-refractivity contribution in [1.29, 1.82) is 0 Å². The van der Waals surface area contributed by atoms with Crippen LogP contribution in [-0.2, 0) is 6.42 Å². The first-order valence-electron chi connectivity index (χ1n) is 5.16. The number of hydrogen-bond acceptors (Lipinski definition) is 0. The third-order valence-electron chi connectivity index (χ3n) is 3.31. The van der Waals surface area contributed by atoms with Crippen molar-refractivity contribution in [1.82, 2.24) is 0 Å². The summed E-state index contributed by atoms with van der Waals surface area (Å²) in [5.41, 5.74) is 0.715. The van der Waals surface area contributed by atoms with Gasteiger partial charge in [0.15, 0.2) is 0 Å². The topological polar surface area (TPSA) is 0 Å². The molecular weight excluding hydrogens is 234 g/mol. The molecule has 82 valence electrons. The van der Waals surface area contributed by atoms with Gasteiger partial charge in [0.05, 0.1) is 0 Å². The third kappa shape index (κ3) is 2.14. The first-order valence-corrected chi connectivity index (χ1v) is 6.07. The Labute approximate surface area is 99.4 Å². The van der Waals surface area contributed by atoms with Gasteiger partial charge < -0.3 is 0 Å². The van der Waals surface area contributed by atoms with Crippen molar-refractivity contribution < 1.29 is 4.39 Å². The van der Waals surface area contributed by atoms with Crippen LogP contribution < -0.4 is 0 Å². The molecule has 0 amide bonds. The second kappa shape index (κ2) is 4.31. The smallest absolute Gasteiger partial charge is 0.127 e. The molecule has 15 heavy (non-hydrogen) atoms. The number of rotatable bonds is 3. The molecule has 1 saturated carbocycles. The number of hydrogen-bond donors (Lipinski definition) is 0. The monoisotopic (exact) mass is 246 g/mol. The van der Waals surface area contributed by atoms with Gasteiger partial charge in [0.2, 0.25) is 0 Å². The van der Waals surface area contributed by atoms with Crippen molar-refractivity contribution in [3.8, 4) is 0 Å². The van der Waals surface area contributed by atoms with Gasteiger partial charge >= 0.3 is 0 Å². The molecular formula is C12H13Cl2F. The van der Waals surface area contributed by atoms with Gasteiger partial charge in [-0.2, -0.15) is 0 Å². The fourth-order valence-electron chi connectivity index (χ4n) is 2.11. The molecule has 1 aromatic rings. The zero-order chi connectivity index (χ0) is 10.9. The Kier molecular flexibility index (Phi) is 3.22. The summed E-state index contributed by atoms with van der Waals surface area (Å²) in [5.74, 6) is 0.386. The van der Waals surface area contributed by atoms with E-state index in [0.717, 1.165) is 12.8 Å². The van der Waals surface area contributed by atoms with Gasteiger partial charge in [-0.05, 0) is 36.8 Å². The summed E-state index contributed by atoms with van der Waals surface area (Å²) >= 11 is 11.9. The lowest BCUT2D eigenvalue weighted by atomic mass is 9.67. The van der Waals surface area contributed by atoms with Crippen LogP contribution in [0.3, 0.4) is 0 Å². The summed E-state index contributed by atoms with van der Waals surface area (Å²) in [7, 11) is 0. The largest absolute Gasteiger partial charge is 0.207 e. The van der Waals surface area contributed by atoms with Crippen molar-refractivity contribution in [3.63, 3.8) is 0 Å². The molecule has 0 nitrogen and oxygen atoms in total. The fraction of sp³-hybridized carbons (Fsp3) is 0.500. The first-order chi connectivity index (χ1) is 7.17. The van der Waals surface area contributed by atoms with Gasteiger partial charge in [0.1, 0.15) is 5.82 Å². The summed E-state index contributed by atoms with van der Waals surface area (Å²) in [6, 6.07) is 4.83. The molecule has 0 aliphatic heterocycles. The molecule has 0 bridgehead atoms. The molecule has 1 aliphatic rings. The highest BCUT2D eigenvalue weighted by molar-refractivity contribution is 6.31. The van der Waals surface area contributed by atoms with Crippen LogP contribution in [-0.4, -0.2) is 5.88 Å². The van der Waals surface area contributed by atoms with E-state index >= 15 is 0 Å². The van der Waals surface area contributed by atoms with Crippen molar-refractivity contribution in [2.45, 2.75) is 25.7 Å². The highest BCUT2D eigenvalue weighted by Gasteiger charge is 2.37. The van der Waals surface area contributed by atoms with Crippen LogP contribution >= 0.6 is 23.2 Å². The standard InChI is InChI=1S/C12H13Cl2F/c13-8-12(5-2-6-12)7-9-10(14)3-1-4-11(9)15/h1,3-4H,2,5-8H2. The third-order valence-corrected chi connectivity index (χ3v) is 4.23. The summed E-state index contributed by atoms with van der Waals surface area (Å²) in [4.78, 5) is 0. The van der Waals surface area contributed by atoms with E-state index in [-0.39, 0.29) is 11.2 Å². The average molecular weight is 247 g/mol. The lowest BCUT2D eigenvalue weighted by Gasteiger charge is -2.40. The van der Waals surface area contributed by atoms with Gasteiger partial charge in [0.25, 0.3) is 0 Å². The van der Waals surface area contributed by atoms with E-state index in [2.05, 4.69) is 0 Å². The van der Waals surface area contributed by atoms with E-state index in [0.29, 0.717) is 22.9 Å². The molecule has 1 aromatic carbocycles. The number of benzene rings is 1. The Hall–Kier alpha value is -0.270. The first kappa shape index (κ1) is 11.2. The minimum Gasteiger partial charge on any atom is -0.207 e. The average Bonchev–Trinajstić information content (AvgIpc) is 2.15. The zero-order valence-corrected chi connectivity index (χ0v) is 9.91. The molecule has 2 rings (SSSR count). The predicted molar refractivity (Wildman–Crippen MR) is 62.1 cm³/mol. The molecule has 1 fully saturated rings. The SMILES string of the molecule is Fc1cccc(Cl)c1CC1(CCl)CCC1. The van der Waals surface area contributed by atoms with Gasteiger partial charge in [-0.25, -0.2) is 4.39 Å². The van der Waals surface area contributed by atoms with E-state index in [1.54, 1.807) is 12.1 Å². The second-order valence-electron chi connectivity index (χ2n) is 4.36. The molecule has 0 spiro atoms. The zero-order valence-electron chi connectivity index (χ0n) is 8.40. The Morgan fingerprint density at radius 2 is 2.07 bits per heavy atom. The van der Waals surface area contributed by atoms with Crippen LogP contribution in [0.1, 0.15) is 24.8 Å². The predicted octanol–water partition coefficient (Wildman–Crippen LogP) is 4.43. The molecule has 0 atom stereocenters. The van der Waals surface area contributed by atoms with Crippen LogP contribution in [0.15, 0.2) is 18.2 Å².